The van der Waals surface area contributed by atoms with Gasteiger partial charge in [-0.15, -0.1) is 0 Å². The molecule has 1 spiro atoms. The van der Waals surface area contributed by atoms with Crippen molar-refractivity contribution in [3.05, 3.63) is 42.4 Å². The van der Waals surface area contributed by atoms with Crippen molar-refractivity contribution in [3.8, 4) is 0 Å². The van der Waals surface area contributed by atoms with Gasteiger partial charge in [0.1, 0.15) is 5.82 Å². The number of piperidine rings is 1. The van der Waals surface area contributed by atoms with Gasteiger partial charge in [-0.1, -0.05) is 0 Å². The second-order valence-corrected chi connectivity index (χ2v) is 7.03. The normalized spacial score (nSPS) is 24.8. The van der Waals surface area contributed by atoms with E-state index >= 15 is 0 Å². The Morgan fingerprint density at radius 2 is 2.16 bits per heavy atom. The predicted octanol–water partition coefficient (Wildman–Crippen LogP) is 1.83. The Labute approximate surface area is 147 Å². The molecule has 0 aromatic carbocycles. The fourth-order valence-electron chi connectivity index (χ4n) is 3.94. The van der Waals surface area contributed by atoms with E-state index in [1.807, 2.05) is 24.3 Å². The lowest BCUT2D eigenvalue weighted by atomic mass is 9.90. The number of imidazole rings is 1. The Morgan fingerprint density at radius 3 is 2.96 bits per heavy atom. The van der Waals surface area contributed by atoms with Gasteiger partial charge in [0, 0.05) is 51.8 Å². The molecule has 0 bridgehead atoms. The van der Waals surface area contributed by atoms with Crippen molar-refractivity contribution < 1.29 is 9.13 Å². The van der Waals surface area contributed by atoms with Gasteiger partial charge in [0.15, 0.2) is 11.6 Å². The number of morpholine rings is 1. The van der Waals surface area contributed by atoms with Gasteiger partial charge in [-0.05, 0) is 25.0 Å². The maximum atomic E-state index is 14.1. The van der Waals surface area contributed by atoms with E-state index in [0.717, 1.165) is 44.8 Å². The van der Waals surface area contributed by atoms with Crippen LogP contribution in [-0.2, 0) is 18.3 Å². The van der Waals surface area contributed by atoms with Crippen molar-refractivity contribution in [2.24, 2.45) is 7.05 Å². The Hall–Kier alpha value is -1.99. The van der Waals surface area contributed by atoms with Crippen LogP contribution in [0, 0.1) is 5.82 Å². The third-order valence-electron chi connectivity index (χ3n) is 5.19. The van der Waals surface area contributed by atoms with Gasteiger partial charge in [-0.25, -0.2) is 14.4 Å². The van der Waals surface area contributed by atoms with Gasteiger partial charge in [0.2, 0.25) is 0 Å². The highest BCUT2D eigenvalue weighted by Gasteiger charge is 2.41. The summed E-state index contributed by atoms with van der Waals surface area (Å²) >= 11 is 0. The van der Waals surface area contributed by atoms with Crippen LogP contribution >= 0.6 is 0 Å². The molecule has 2 saturated heterocycles. The number of anilines is 1. The Morgan fingerprint density at radius 1 is 1.24 bits per heavy atom. The minimum Gasteiger partial charge on any atom is -0.370 e. The van der Waals surface area contributed by atoms with Gasteiger partial charge in [0.25, 0.3) is 0 Å². The molecule has 4 rings (SSSR count). The lowest BCUT2D eigenvalue weighted by molar-refractivity contribution is -0.117. The summed E-state index contributed by atoms with van der Waals surface area (Å²) in [6, 6.07) is 3.10. The van der Waals surface area contributed by atoms with Gasteiger partial charge >= 0.3 is 0 Å². The highest BCUT2D eigenvalue weighted by atomic mass is 19.1. The average Bonchev–Trinajstić information content (AvgIpc) is 3.00. The molecule has 2 aliphatic rings. The zero-order chi connectivity index (χ0) is 17.3. The number of hydrogen-bond acceptors (Lipinski definition) is 5. The Bertz CT molecular complexity index is 732. The fraction of sp³-hybridized carbons (Fsp3) is 0.556. The molecule has 7 heteroatoms. The smallest absolute Gasteiger partial charge is 0.165 e. The summed E-state index contributed by atoms with van der Waals surface area (Å²) in [5, 5.41) is 0. The molecule has 0 amide bonds. The molecule has 134 valence electrons. The number of ether oxygens (including phenoxy) is 1. The summed E-state index contributed by atoms with van der Waals surface area (Å²) < 4.78 is 22.4. The quantitative estimate of drug-likeness (QED) is 0.849. The number of aryl methyl sites for hydroxylation is 1. The van der Waals surface area contributed by atoms with Crippen molar-refractivity contribution in [3.63, 3.8) is 0 Å². The first-order chi connectivity index (χ1) is 12.2. The van der Waals surface area contributed by atoms with Gasteiger partial charge in [0.05, 0.1) is 18.8 Å². The van der Waals surface area contributed by atoms with Gasteiger partial charge in [-0.2, -0.15) is 0 Å². The maximum Gasteiger partial charge on any atom is 0.165 e. The Balaban J connectivity index is 1.49. The van der Waals surface area contributed by atoms with Crippen molar-refractivity contribution in [1.82, 2.24) is 19.4 Å². The molecular weight excluding hydrogens is 321 g/mol. The first kappa shape index (κ1) is 16.5. The van der Waals surface area contributed by atoms with E-state index in [1.165, 1.54) is 6.07 Å². The molecule has 0 N–H and O–H groups in total. The van der Waals surface area contributed by atoms with Crippen LogP contribution in [0.4, 0.5) is 10.2 Å². The van der Waals surface area contributed by atoms with E-state index in [0.29, 0.717) is 19.0 Å². The first-order valence-corrected chi connectivity index (χ1v) is 8.83. The number of hydrogen-bond donors (Lipinski definition) is 0. The minimum atomic E-state index is -0.264. The van der Waals surface area contributed by atoms with Crippen LogP contribution in [0.3, 0.4) is 0 Å². The second kappa shape index (κ2) is 6.72. The number of pyridine rings is 1. The first-order valence-electron chi connectivity index (χ1n) is 8.83. The number of aromatic nitrogens is 3. The standard InChI is InChI=1S/C18H24FN5O/c1-22-9-7-20-16(22)12-23-10-11-25-18(13-23)5-3-8-24(14-18)17-15(19)4-2-6-21-17/h2,4,6-7,9H,3,5,8,10-14H2,1H3/t18-/m0/s1. The predicted molar refractivity (Wildman–Crippen MR) is 92.8 cm³/mol. The molecule has 4 heterocycles. The number of nitrogens with zero attached hydrogens (tertiary/aromatic N) is 5. The van der Waals surface area contributed by atoms with Gasteiger partial charge < -0.3 is 14.2 Å². The van der Waals surface area contributed by atoms with Crippen LogP contribution in [-0.4, -0.2) is 57.8 Å². The zero-order valence-corrected chi connectivity index (χ0v) is 14.6. The van der Waals surface area contributed by atoms with E-state index in [-0.39, 0.29) is 11.4 Å². The van der Waals surface area contributed by atoms with E-state index in [9.17, 15) is 4.39 Å². The van der Waals surface area contributed by atoms with Crippen molar-refractivity contribution in [2.75, 3.05) is 37.7 Å². The van der Waals surface area contributed by atoms with Crippen LogP contribution in [0.1, 0.15) is 18.7 Å². The fourth-order valence-corrected chi connectivity index (χ4v) is 3.94. The van der Waals surface area contributed by atoms with Crippen LogP contribution in [0.15, 0.2) is 30.7 Å². The monoisotopic (exact) mass is 345 g/mol. The van der Waals surface area contributed by atoms with Crippen molar-refractivity contribution >= 4 is 5.82 Å². The lowest BCUT2D eigenvalue weighted by Gasteiger charge is -2.48. The summed E-state index contributed by atoms with van der Waals surface area (Å²) in [6.07, 6.45) is 7.42. The molecule has 2 aromatic rings. The molecule has 2 aliphatic heterocycles. The number of halogens is 1. The maximum absolute atomic E-state index is 14.1. The van der Waals surface area contributed by atoms with Crippen molar-refractivity contribution in [2.45, 2.75) is 25.0 Å². The topological polar surface area (TPSA) is 46.4 Å². The highest BCUT2D eigenvalue weighted by molar-refractivity contribution is 5.41. The summed E-state index contributed by atoms with van der Waals surface area (Å²) in [7, 11) is 2.02. The summed E-state index contributed by atoms with van der Waals surface area (Å²) in [5.41, 5.74) is -0.258. The molecule has 6 nitrogen and oxygen atoms in total. The third-order valence-corrected chi connectivity index (χ3v) is 5.19. The second-order valence-electron chi connectivity index (χ2n) is 7.03. The Kier molecular flexibility index (Phi) is 4.43. The molecule has 0 unspecified atom stereocenters. The van der Waals surface area contributed by atoms with E-state index in [4.69, 9.17) is 4.74 Å². The van der Waals surface area contributed by atoms with Crippen LogP contribution in [0.2, 0.25) is 0 Å². The van der Waals surface area contributed by atoms with Crippen LogP contribution in [0.25, 0.3) is 0 Å². The molecular formula is C18H24FN5O. The highest BCUT2D eigenvalue weighted by Crippen LogP contribution is 2.32. The lowest BCUT2D eigenvalue weighted by Crippen LogP contribution is -2.60. The molecule has 2 aromatic heterocycles. The molecule has 2 fully saturated rings. The van der Waals surface area contributed by atoms with Gasteiger partial charge in [-0.3, -0.25) is 4.90 Å². The SMILES string of the molecule is Cn1ccnc1CN1CCO[C@@]2(CCCN(c3ncccc3F)C2)C1. The molecule has 25 heavy (non-hydrogen) atoms. The summed E-state index contributed by atoms with van der Waals surface area (Å²) in [4.78, 5) is 13.1. The average molecular weight is 345 g/mol. The van der Waals surface area contributed by atoms with E-state index in [1.54, 1.807) is 12.3 Å². The molecule has 0 saturated carbocycles. The largest absolute Gasteiger partial charge is 0.370 e. The summed E-state index contributed by atoms with van der Waals surface area (Å²) in [6.45, 7) is 4.74. The number of rotatable bonds is 3. The zero-order valence-electron chi connectivity index (χ0n) is 14.6. The minimum absolute atomic E-state index is 0.258. The van der Waals surface area contributed by atoms with E-state index < -0.39 is 0 Å². The molecule has 1 atom stereocenters. The summed E-state index contributed by atoms with van der Waals surface area (Å²) in [5.74, 6) is 1.23. The van der Waals surface area contributed by atoms with E-state index in [2.05, 4.69) is 19.4 Å². The van der Waals surface area contributed by atoms with Crippen molar-refractivity contribution in [1.29, 1.82) is 0 Å². The third kappa shape index (κ3) is 3.39. The van der Waals surface area contributed by atoms with Crippen LogP contribution < -0.4 is 4.90 Å². The molecule has 0 aliphatic carbocycles. The molecule has 0 radical (unpaired) electrons. The van der Waals surface area contributed by atoms with Crippen LogP contribution in [0.5, 0.6) is 0 Å².